The van der Waals surface area contributed by atoms with Gasteiger partial charge in [0.25, 0.3) is 0 Å². The molecule has 0 bridgehead atoms. The lowest BCUT2D eigenvalue weighted by atomic mass is 10.1. The van der Waals surface area contributed by atoms with Crippen LogP contribution in [-0.4, -0.2) is 36.1 Å². The zero-order valence-electron chi connectivity index (χ0n) is 13.0. The van der Waals surface area contributed by atoms with Gasteiger partial charge in [-0.25, -0.2) is 4.79 Å². The number of aliphatic imine (C=N–C) groups is 1. The predicted octanol–water partition coefficient (Wildman–Crippen LogP) is 1.46. The third kappa shape index (κ3) is 31.2. The minimum atomic E-state index is -4.67. The number of urea groups is 1. The number of hydrogen-bond acceptors (Lipinski definition) is 3. The number of amides is 2. The molecular formula is C12H28N4O5S. The van der Waals surface area contributed by atoms with Gasteiger partial charge < -0.3 is 16.8 Å². The van der Waals surface area contributed by atoms with Gasteiger partial charge in [-0.05, 0) is 6.42 Å². The molecule has 0 rings (SSSR count). The Morgan fingerprint density at radius 3 is 1.82 bits per heavy atom. The van der Waals surface area contributed by atoms with Crippen LogP contribution in [0.4, 0.5) is 4.79 Å². The smallest absolute Gasteiger partial charge is 0.370 e. The van der Waals surface area contributed by atoms with E-state index in [1.807, 2.05) is 0 Å². The van der Waals surface area contributed by atoms with Gasteiger partial charge in [0.15, 0.2) is 5.96 Å². The van der Waals surface area contributed by atoms with Crippen molar-refractivity contribution >= 4 is 22.4 Å². The first-order valence-corrected chi connectivity index (χ1v) is 8.63. The Hall–Kier alpha value is -1.39. The lowest BCUT2D eigenvalue weighted by Gasteiger charge is -2.02. The zero-order valence-corrected chi connectivity index (χ0v) is 13.8. The highest BCUT2D eigenvalue weighted by atomic mass is 32.3. The average molecular weight is 340 g/mol. The highest BCUT2D eigenvalue weighted by Crippen LogP contribution is 2.07. The maximum atomic E-state index is 11.0. The molecule has 0 saturated heterocycles. The molecule has 0 aliphatic rings. The second-order valence-corrected chi connectivity index (χ2v) is 5.59. The number of carbonyl (C=O) groups excluding carboxylic acids is 1. The molecule has 0 saturated carbocycles. The molecule has 9 nitrogen and oxygen atoms in total. The number of nitrogens with two attached hydrogens (primary N) is 2. The van der Waals surface area contributed by atoms with E-state index in [1.165, 1.54) is 38.5 Å². The molecule has 0 unspecified atom stereocenters. The predicted molar refractivity (Wildman–Crippen MR) is 86.0 cm³/mol. The van der Waals surface area contributed by atoms with Crippen LogP contribution in [0.5, 0.6) is 0 Å². The molecule has 0 aromatic rings. The van der Waals surface area contributed by atoms with Crippen LogP contribution in [0.3, 0.4) is 0 Å². The summed E-state index contributed by atoms with van der Waals surface area (Å²) in [6.07, 6.45) is 9.97. The molecular weight excluding hydrogens is 312 g/mol. The number of rotatable bonds is 9. The van der Waals surface area contributed by atoms with Gasteiger partial charge in [0, 0.05) is 6.54 Å². The van der Waals surface area contributed by atoms with E-state index in [0.717, 1.165) is 12.8 Å². The number of carbonyl (C=O) groups is 1. The second kappa shape index (κ2) is 14.5. The van der Waals surface area contributed by atoms with Crippen LogP contribution in [0.1, 0.15) is 58.3 Å². The van der Waals surface area contributed by atoms with Gasteiger partial charge in [0.2, 0.25) is 0 Å². The largest absolute Gasteiger partial charge is 0.394 e. The highest BCUT2D eigenvalue weighted by molar-refractivity contribution is 7.79. The number of nitrogens with zero attached hydrogens (tertiary/aromatic N) is 1. The Morgan fingerprint density at radius 2 is 1.41 bits per heavy atom. The van der Waals surface area contributed by atoms with Crippen molar-refractivity contribution in [2.24, 2.45) is 16.5 Å². The number of hydrogen-bond donors (Lipinski definition) is 5. The number of guanidine groups is 1. The highest BCUT2D eigenvalue weighted by Gasteiger charge is 1.97. The molecule has 0 heterocycles. The topological polar surface area (TPSA) is 168 Å². The van der Waals surface area contributed by atoms with E-state index in [9.17, 15) is 4.79 Å². The summed E-state index contributed by atoms with van der Waals surface area (Å²) in [6.45, 7) is 2.86. The second-order valence-electron chi connectivity index (χ2n) is 4.69. The minimum absolute atomic E-state index is 0.196. The van der Waals surface area contributed by atoms with E-state index in [-0.39, 0.29) is 5.96 Å². The summed E-state index contributed by atoms with van der Waals surface area (Å²) in [5.41, 5.74) is 10.1. The lowest BCUT2D eigenvalue weighted by Crippen LogP contribution is -2.29. The molecule has 22 heavy (non-hydrogen) atoms. The van der Waals surface area contributed by atoms with Crippen LogP contribution in [0.15, 0.2) is 4.99 Å². The molecule has 0 atom stereocenters. The SMILES string of the molecule is CCCCCCCCCCNC(=O)N=C(N)N.O=S(=O)(O)O. The molecule has 0 aliphatic carbocycles. The van der Waals surface area contributed by atoms with Gasteiger partial charge in [-0.1, -0.05) is 51.9 Å². The number of unbranched alkanes of at least 4 members (excludes halogenated alkanes) is 7. The van der Waals surface area contributed by atoms with Gasteiger partial charge in [0.1, 0.15) is 0 Å². The van der Waals surface area contributed by atoms with Gasteiger partial charge >= 0.3 is 16.4 Å². The molecule has 0 aliphatic heterocycles. The molecule has 0 aromatic carbocycles. The maximum absolute atomic E-state index is 11.0. The van der Waals surface area contributed by atoms with E-state index >= 15 is 0 Å². The van der Waals surface area contributed by atoms with Crippen LogP contribution in [0, 0.1) is 0 Å². The molecule has 2 amide bonds. The average Bonchev–Trinajstić information content (AvgIpc) is 2.34. The monoisotopic (exact) mass is 340 g/mol. The normalized spacial score (nSPS) is 10.3. The Morgan fingerprint density at radius 1 is 1.00 bits per heavy atom. The van der Waals surface area contributed by atoms with E-state index in [1.54, 1.807) is 0 Å². The Kier molecular flexibility index (Phi) is 15.1. The van der Waals surface area contributed by atoms with Crippen molar-refractivity contribution < 1.29 is 22.3 Å². The van der Waals surface area contributed by atoms with Crippen LogP contribution < -0.4 is 16.8 Å². The Bertz CT molecular complexity index is 400. The standard InChI is InChI=1S/C12H26N4O.H2O4S/c1-2-3-4-5-6-7-8-9-10-15-12(17)16-11(13)14;1-5(2,3)4/h2-10H2,1H3,(H5,13,14,15,16,17);(H2,1,2,3,4). The van der Waals surface area contributed by atoms with Crippen molar-refractivity contribution in [2.75, 3.05) is 6.54 Å². The van der Waals surface area contributed by atoms with E-state index in [0.29, 0.717) is 6.54 Å². The summed E-state index contributed by atoms with van der Waals surface area (Å²) >= 11 is 0. The van der Waals surface area contributed by atoms with Gasteiger partial charge in [-0.3, -0.25) is 9.11 Å². The summed E-state index contributed by atoms with van der Waals surface area (Å²) in [5.74, 6) is -0.196. The Labute approximate surface area is 132 Å². The van der Waals surface area contributed by atoms with E-state index in [2.05, 4.69) is 17.2 Å². The summed E-state index contributed by atoms with van der Waals surface area (Å²) in [4.78, 5) is 14.4. The van der Waals surface area contributed by atoms with Crippen molar-refractivity contribution in [2.45, 2.75) is 58.3 Å². The van der Waals surface area contributed by atoms with Gasteiger partial charge in [-0.15, -0.1) is 0 Å². The summed E-state index contributed by atoms with van der Waals surface area (Å²) in [5, 5.41) is 2.64. The lowest BCUT2D eigenvalue weighted by molar-refractivity contribution is 0.249. The molecule has 0 fully saturated rings. The van der Waals surface area contributed by atoms with Crippen LogP contribution in [-0.2, 0) is 10.4 Å². The van der Waals surface area contributed by atoms with E-state index < -0.39 is 16.4 Å². The summed E-state index contributed by atoms with van der Waals surface area (Å²) in [6, 6.07) is -0.451. The molecule has 10 heteroatoms. The molecule has 132 valence electrons. The quantitative estimate of drug-likeness (QED) is 0.183. The first-order chi connectivity index (χ1) is 10.2. The summed E-state index contributed by atoms with van der Waals surface area (Å²) in [7, 11) is -4.67. The fraction of sp³-hybridized carbons (Fsp3) is 0.833. The zero-order chi connectivity index (χ0) is 17.4. The fourth-order valence-electron chi connectivity index (χ4n) is 1.61. The van der Waals surface area contributed by atoms with Crippen molar-refractivity contribution in [1.29, 1.82) is 0 Å². The van der Waals surface area contributed by atoms with Crippen molar-refractivity contribution in [3.63, 3.8) is 0 Å². The van der Waals surface area contributed by atoms with Crippen LogP contribution >= 0.6 is 0 Å². The van der Waals surface area contributed by atoms with Crippen molar-refractivity contribution in [1.82, 2.24) is 5.32 Å². The van der Waals surface area contributed by atoms with Crippen molar-refractivity contribution in [3.05, 3.63) is 0 Å². The maximum Gasteiger partial charge on any atom is 0.394 e. The van der Waals surface area contributed by atoms with Crippen molar-refractivity contribution in [3.8, 4) is 0 Å². The molecule has 7 N–H and O–H groups in total. The Balaban J connectivity index is 0. The summed E-state index contributed by atoms with van der Waals surface area (Å²) < 4.78 is 31.6. The fourth-order valence-corrected chi connectivity index (χ4v) is 1.61. The molecule has 0 spiro atoms. The van der Waals surface area contributed by atoms with Crippen LogP contribution in [0.25, 0.3) is 0 Å². The first-order valence-electron chi connectivity index (χ1n) is 7.24. The molecule has 0 radical (unpaired) electrons. The van der Waals surface area contributed by atoms with Gasteiger partial charge in [0.05, 0.1) is 0 Å². The van der Waals surface area contributed by atoms with Crippen LogP contribution in [0.2, 0.25) is 0 Å². The third-order valence-corrected chi connectivity index (χ3v) is 2.54. The molecule has 0 aromatic heterocycles. The van der Waals surface area contributed by atoms with E-state index in [4.69, 9.17) is 29.0 Å². The van der Waals surface area contributed by atoms with Gasteiger partial charge in [-0.2, -0.15) is 13.4 Å². The third-order valence-electron chi connectivity index (χ3n) is 2.54. The minimum Gasteiger partial charge on any atom is -0.370 e. The number of nitrogens with one attached hydrogen (secondary N) is 1. The first kappa shape index (κ1) is 22.9.